The third-order valence-electron chi connectivity index (χ3n) is 4.14. The molecule has 0 radical (unpaired) electrons. The lowest BCUT2D eigenvalue weighted by Gasteiger charge is -2.29. The predicted octanol–water partition coefficient (Wildman–Crippen LogP) is 1.14. The number of hydrogen-bond donors (Lipinski definition) is 1. The van der Waals surface area contributed by atoms with Crippen molar-refractivity contribution in [3.63, 3.8) is 0 Å². The Kier molecular flexibility index (Phi) is 3.27. The summed E-state index contributed by atoms with van der Waals surface area (Å²) in [5, 5.41) is 2.30. The maximum Gasteiger partial charge on any atom is 0.256 e. The maximum atomic E-state index is 12.5. The van der Waals surface area contributed by atoms with E-state index in [1.807, 2.05) is 6.07 Å². The van der Waals surface area contributed by atoms with Gasteiger partial charge in [-0.2, -0.15) is 0 Å². The number of piperidine rings is 1. The summed E-state index contributed by atoms with van der Waals surface area (Å²) >= 11 is 0. The molecule has 1 saturated heterocycles. The number of aromatic nitrogens is 1. The first-order chi connectivity index (χ1) is 10.3. The summed E-state index contributed by atoms with van der Waals surface area (Å²) in [5.41, 5.74) is 2.09. The van der Waals surface area contributed by atoms with Crippen molar-refractivity contribution in [2.75, 3.05) is 0 Å². The van der Waals surface area contributed by atoms with E-state index in [1.165, 1.54) is 4.90 Å². The Bertz CT molecular complexity index is 676. The molecule has 3 rings (SSSR count). The van der Waals surface area contributed by atoms with Crippen LogP contribution >= 0.6 is 0 Å². The highest BCUT2D eigenvalue weighted by molar-refractivity contribution is 6.05. The van der Waals surface area contributed by atoms with Crippen LogP contribution in [0.3, 0.4) is 0 Å². The van der Waals surface area contributed by atoms with Crippen molar-refractivity contribution >= 4 is 17.7 Å². The van der Waals surface area contributed by atoms with Gasteiger partial charge in [0, 0.05) is 17.5 Å². The minimum atomic E-state index is -0.586. The van der Waals surface area contributed by atoms with Crippen molar-refractivity contribution in [3.8, 4) is 0 Å². The molecule has 0 aromatic carbocycles. The van der Waals surface area contributed by atoms with Gasteiger partial charge < -0.3 is 4.90 Å². The number of nitrogens with zero attached hydrogens (tertiary/aromatic N) is 2. The average molecular weight is 301 g/mol. The lowest BCUT2D eigenvalue weighted by atomic mass is 9.91. The molecule has 6 heteroatoms. The zero-order valence-electron chi connectivity index (χ0n) is 13.0. The van der Waals surface area contributed by atoms with E-state index in [2.05, 4.69) is 31.1 Å². The molecule has 6 nitrogen and oxygen atoms in total. The molecule has 1 unspecified atom stereocenters. The van der Waals surface area contributed by atoms with Crippen LogP contribution < -0.4 is 5.32 Å². The smallest absolute Gasteiger partial charge is 0.256 e. The van der Waals surface area contributed by atoms with Crippen LogP contribution in [-0.2, 0) is 21.5 Å². The van der Waals surface area contributed by atoms with Gasteiger partial charge in [-0.1, -0.05) is 20.8 Å². The Morgan fingerprint density at radius 2 is 1.95 bits per heavy atom. The molecule has 3 amide bonds. The first kappa shape index (κ1) is 14.7. The Morgan fingerprint density at radius 3 is 2.59 bits per heavy atom. The van der Waals surface area contributed by atoms with Crippen LogP contribution in [0.2, 0.25) is 0 Å². The van der Waals surface area contributed by atoms with Gasteiger partial charge in [0.1, 0.15) is 6.04 Å². The van der Waals surface area contributed by atoms with Gasteiger partial charge in [0.2, 0.25) is 11.8 Å². The molecule has 0 spiro atoms. The Morgan fingerprint density at radius 1 is 1.23 bits per heavy atom. The molecule has 1 N–H and O–H groups in total. The number of amides is 3. The topological polar surface area (TPSA) is 79.4 Å². The molecule has 0 saturated carbocycles. The van der Waals surface area contributed by atoms with Crippen molar-refractivity contribution in [2.45, 2.75) is 51.6 Å². The minimum Gasteiger partial charge on any atom is -0.321 e. The number of rotatable bonds is 1. The molecule has 0 aliphatic carbocycles. The van der Waals surface area contributed by atoms with E-state index in [0.29, 0.717) is 24.2 Å². The van der Waals surface area contributed by atoms with E-state index < -0.39 is 11.9 Å². The van der Waals surface area contributed by atoms with Gasteiger partial charge >= 0.3 is 0 Å². The molecule has 1 aromatic rings. The SMILES string of the molecule is CC(C)(C)c1ccc2c(n1)CN(C1CCC(=O)NC1=O)C2=O. The summed E-state index contributed by atoms with van der Waals surface area (Å²) in [4.78, 5) is 41.8. The molecule has 2 aliphatic rings. The van der Waals surface area contributed by atoms with Crippen LogP contribution in [0, 0.1) is 0 Å². The highest BCUT2D eigenvalue weighted by Crippen LogP contribution is 2.29. The summed E-state index contributed by atoms with van der Waals surface area (Å²) in [6, 6.07) is 3.07. The quantitative estimate of drug-likeness (QED) is 0.789. The van der Waals surface area contributed by atoms with Crippen LogP contribution in [0.4, 0.5) is 0 Å². The first-order valence-corrected chi connectivity index (χ1v) is 7.42. The maximum absolute atomic E-state index is 12.5. The number of hydrogen-bond acceptors (Lipinski definition) is 4. The monoisotopic (exact) mass is 301 g/mol. The number of imide groups is 1. The molecule has 22 heavy (non-hydrogen) atoms. The number of fused-ring (bicyclic) bond motifs is 1. The average Bonchev–Trinajstić information content (AvgIpc) is 2.75. The lowest BCUT2D eigenvalue weighted by Crippen LogP contribution is -2.52. The fourth-order valence-electron chi connectivity index (χ4n) is 2.85. The van der Waals surface area contributed by atoms with E-state index in [0.717, 1.165) is 5.69 Å². The van der Waals surface area contributed by atoms with E-state index >= 15 is 0 Å². The standard InChI is InChI=1S/C16H19N3O3/c1-16(2,3)12-6-4-9-10(17-12)8-19(15(9)22)11-5-7-13(20)18-14(11)21/h4,6,11H,5,7-8H2,1-3H3,(H,18,20,21). The zero-order chi connectivity index (χ0) is 16.1. The molecule has 3 heterocycles. The summed E-state index contributed by atoms with van der Waals surface area (Å²) in [6.45, 7) is 6.52. The second-order valence-corrected chi connectivity index (χ2v) is 6.84. The second-order valence-electron chi connectivity index (χ2n) is 6.84. The van der Waals surface area contributed by atoms with Crippen molar-refractivity contribution < 1.29 is 14.4 Å². The normalized spacial score (nSPS) is 21.9. The van der Waals surface area contributed by atoms with Crippen LogP contribution in [-0.4, -0.2) is 33.6 Å². The molecular weight excluding hydrogens is 282 g/mol. The molecular formula is C16H19N3O3. The van der Waals surface area contributed by atoms with Gasteiger partial charge in [-0.3, -0.25) is 24.7 Å². The summed E-state index contributed by atoms with van der Waals surface area (Å²) in [7, 11) is 0. The number of nitrogens with one attached hydrogen (secondary N) is 1. The Hall–Kier alpha value is -2.24. The van der Waals surface area contributed by atoms with Crippen molar-refractivity contribution in [1.82, 2.24) is 15.2 Å². The molecule has 1 atom stereocenters. The van der Waals surface area contributed by atoms with E-state index in [-0.39, 0.29) is 23.7 Å². The van der Waals surface area contributed by atoms with Gasteiger partial charge in [0.25, 0.3) is 5.91 Å². The predicted molar refractivity (Wildman–Crippen MR) is 79.0 cm³/mol. The number of carbonyl (C=O) groups excluding carboxylic acids is 3. The van der Waals surface area contributed by atoms with Gasteiger partial charge in [-0.25, -0.2) is 0 Å². The third-order valence-corrected chi connectivity index (χ3v) is 4.14. The van der Waals surface area contributed by atoms with E-state index in [4.69, 9.17) is 0 Å². The van der Waals surface area contributed by atoms with E-state index in [9.17, 15) is 14.4 Å². The highest BCUT2D eigenvalue weighted by Gasteiger charge is 2.40. The molecule has 1 aromatic heterocycles. The second kappa shape index (κ2) is 4.90. The van der Waals surface area contributed by atoms with E-state index in [1.54, 1.807) is 6.07 Å². The van der Waals surface area contributed by atoms with Gasteiger partial charge in [-0.15, -0.1) is 0 Å². The van der Waals surface area contributed by atoms with Crippen molar-refractivity contribution in [3.05, 3.63) is 29.1 Å². The molecule has 2 aliphatic heterocycles. The van der Waals surface area contributed by atoms with Crippen LogP contribution in [0.5, 0.6) is 0 Å². The van der Waals surface area contributed by atoms with Crippen molar-refractivity contribution in [1.29, 1.82) is 0 Å². The van der Waals surface area contributed by atoms with Crippen LogP contribution in [0.1, 0.15) is 55.4 Å². The van der Waals surface area contributed by atoms with Crippen LogP contribution in [0.15, 0.2) is 12.1 Å². The van der Waals surface area contributed by atoms with Crippen molar-refractivity contribution in [2.24, 2.45) is 0 Å². The van der Waals surface area contributed by atoms with Gasteiger partial charge in [0.05, 0.1) is 17.8 Å². The molecule has 0 bridgehead atoms. The van der Waals surface area contributed by atoms with Gasteiger partial charge in [-0.05, 0) is 18.6 Å². The fourth-order valence-corrected chi connectivity index (χ4v) is 2.85. The largest absolute Gasteiger partial charge is 0.321 e. The lowest BCUT2D eigenvalue weighted by molar-refractivity contribution is -0.136. The summed E-state index contributed by atoms with van der Waals surface area (Å²) in [6.07, 6.45) is 0.633. The number of carbonyl (C=O) groups is 3. The summed E-state index contributed by atoms with van der Waals surface area (Å²) < 4.78 is 0. The highest BCUT2D eigenvalue weighted by atomic mass is 16.2. The fraction of sp³-hybridized carbons (Fsp3) is 0.500. The third kappa shape index (κ3) is 2.38. The summed E-state index contributed by atoms with van der Waals surface area (Å²) in [5.74, 6) is -0.857. The molecule has 1 fully saturated rings. The zero-order valence-corrected chi connectivity index (χ0v) is 13.0. The first-order valence-electron chi connectivity index (χ1n) is 7.42. The van der Waals surface area contributed by atoms with Gasteiger partial charge in [0.15, 0.2) is 0 Å². The number of pyridine rings is 1. The molecule has 116 valence electrons. The van der Waals surface area contributed by atoms with Crippen LogP contribution in [0.25, 0.3) is 0 Å². The Labute approximate surface area is 128 Å². The Balaban J connectivity index is 1.88. The minimum absolute atomic E-state index is 0.0971.